The first-order chi connectivity index (χ1) is 10.8. The Morgan fingerprint density at radius 2 is 1.83 bits per heavy atom. The molecule has 2 N–H and O–H groups in total. The SMILES string of the molecule is CC(C)C(NS(=O)(=O)c1cccs1)C(=O)Nc1ccc(Cl)cc1. The van der Waals surface area contributed by atoms with Crippen LogP contribution in [0.15, 0.2) is 46.0 Å². The number of hydrogen-bond donors (Lipinski definition) is 2. The van der Waals surface area contributed by atoms with Gasteiger partial charge in [0.05, 0.1) is 0 Å². The highest BCUT2D eigenvalue weighted by Gasteiger charge is 2.28. The van der Waals surface area contributed by atoms with Crippen LogP contribution in [0.25, 0.3) is 0 Å². The number of nitrogens with one attached hydrogen (secondary N) is 2. The molecule has 0 bridgehead atoms. The van der Waals surface area contributed by atoms with Crippen LogP contribution in [-0.4, -0.2) is 20.4 Å². The van der Waals surface area contributed by atoms with E-state index >= 15 is 0 Å². The van der Waals surface area contributed by atoms with Crippen LogP contribution in [0.2, 0.25) is 5.02 Å². The molecule has 0 aliphatic heterocycles. The predicted molar refractivity (Wildman–Crippen MR) is 93.3 cm³/mol. The lowest BCUT2D eigenvalue weighted by Gasteiger charge is -2.21. The van der Waals surface area contributed by atoms with Crippen LogP contribution >= 0.6 is 22.9 Å². The summed E-state index contributed by atoms with van der Waals surface area (Å²) in [4.78, 5) is 12.4. The molecule has 0 aliphatic carbocycles. The third-order valence-corrected chi connectivity index (χ3v) is 6.19. The van der Waals surface area contributed by atoms with Gasteiger partial charge in [0.2, 0.25) is 5.91 Å². The van der Waals surface area contributed by atoms with Crippen LogP contribution in [0.3, 0.4) is 0 Å². The molecule has 1 aromatic carbocycles. The van der Waals surface area contributed by atoms with E-state index in [1.54, 1.807) is 49.6 Å². The average Bonchev–Trinajstić information content (AvgIpc) is 3.02. The first-order valence-electron chi connectivity index (χ1n) is 6.92. The van der Waals surface area contributed by atoms with E-state index in [0.29, 0.717) is 10.7 Å². The Morgan fingerprint density at radius 3 is 2.35 bits per heavy atom. The smallest absolute Gasteiger partial charge is 0.250 e. The van der Waals surface area contributed by atoms with Gasteiger partial charge in [0.25, 0.3) is 10.0 Å². The highest BCUT2D eigenvalue weighted by Crippen LogP contribution is 2.18. The Balaban J connectivity index is 2.15. The Hall–Kier alpha value is -1.41. The fraction of sp³-hybridized carbons (Fsp3) is 0.267. The van der Waals surface area contributed by atoms with Crippen molar-refractivity contribution in [2.24, 2.45) is 5.92 Å². The quantitative estimate of drug-likeness (QED) is 0.816. The van der Waals surface area contributed by atoms with E-state index in [2.05, 4.69) is 10.0 Å². The second-order valence-corrected chi connectivity index (χ2v) is 8.60. The molecule has 0 fully saturated rings. The lowest BCUT2D eigenvalue weighted by Crippen LogP contribution is -2.46. The molecule has 0 saturated carbocycles. The third-order valence-electron chi connectivity index (χ3n) is 3.10. The van der Waals surface area contributed by atoms with Crippen molar-refractivity contribution in [2.75, 3.05) is 5.32 Å². The molecule has 1 amide bonds. The predicted octanol–water partition coefficient (Wildman–Crippen LogP) is 3.34. The van der Waals surface area contributed by atoms with Gasteiger partial charge in [-0.2, -0.15) is 4.72 Å². The zero-order valence-corrected chi connectivity index (χ0v) is 15.0. The topological polar surface area (TPSA) is 75.3 Å². The molecular formula is C15H17ClN2O3S2. The van der Waals surface area contributed by atoms with Crippen molar-refractivity contribution in [1.82, 2.24) is 4.72 Å². The Kier molecular flexibility index (Phi) is 5.80. The minimum atomic E-state index is -3.72. The van der Waals surface area contributed by atoms with E-state index in [9.17, 15) is 13.2 Å². The summed E-state index contributed by atoms with van der Waals surface area (Å²) in [5, 5.41) is 4.93. The van der Waals surface area contributed by atoms with E-state index in [1.165, 1.54) is 6.07 Å². The maximum absolute atomic E-state index is 12.4. The van der Waals surface area contributed by atoms with Crippen molar-refractivity contribution >= 4 is 44.6 Å². The normalized spacial score (nSPS) is 13.0. The van der Waals surface area contributed by atoms with Gasteiger partial charge >= 0.3 is 0 Å². The number of anilines is 1. The summed E-state index contributed by atoms with van der Waals surface area (Å²) in [7, 11) is -3.72. The second kappa shape index (κ2) is 7.44. The van der Waals surface area contributed by atoms with Crippen LogP contribution in [0.5, 0.6) is 0 Å². The molecule has 0 spiro atoms. The summed E-state index contributed by atoms with van der Waals surface area (Å²) in [6.07, 6.45) is 0. The highest BCUT2D eigenvalue weighted by atomic mass is 35.5. The molecule has 0 aliphatic rings. The standard InChI is InChI=1S/C15H17ClN2O3S2/c1-10(2)14(18-23(20,21)13-4-3-9-22-13)15(19)17-12-7-5-11(16)6-8-12/h3-10,14,18H,1-2H3,(H,17,19). The van der Waals surface area contributed by atoms with Gasteiger partial charge in [-0.25, -0.2) is 8.42 Å². The highest BCUT2D eigenvalue weighted by molar-refractivity contribution is 7.91. The van der Waals surface area contributed by atoms with Crippen molar-refractivity contribution in [3.8, 4) is 0 Å². The molecule has 1 heterocycles. The number of sulfonamides is 1. The van der Waals surface area contributed by atoms with Crippen LogP contribution in [0, 0.1) is 5.92 Å². The first kappa shape index (κ1) is 17.9. The molecule has 124 valence electrons. The molecular weight excluding hydrogens is 356 g/mol. The molecule has 5 nitrogen and oxygen atoms in total. The van der Waals surface area contributed by atoms with Gasteiger partial charge in [-0.1, -0.05) is 31.5 Å². The summed E-state index contributed by atoms with van der Waals surface area (Å²) in [6, 6.07) is 8.89. The first-order valence-corrected chi connectivity index (χ1v) is 9.66. The molecule has 0 saturated heterocycles. The number of halogens is 1. The molecule has 8 heteroatoms. The minimum absolute atomic E-state index is 0.183. The lowest BCUT2D eigenvalue weighted by atomic mass is 10.0. The summed E-state index contributed by atoms with van der Waals surface area (Å²) in [6.45, 7) is 3.56. The van der Waals surface area contributed by atoms with E-state index < -0.39 is 22.0 Å². The Morgan fingerprint density at radius 1 is 1.17 bits per heavy atom. The fourth-order valence-corrected chi connectivity index (χ4v) is 4.37. The molecule has 1 unspecified atom stereocenters. The van der Waals surface area contributed by atoms with Crippen LogP contribution in [0.1, 0.15) is 13.8 Å². The van der Waals surface area contributed by atoms with E-state index in [0.717, 1.165) is 11.3 Å². The largest absolute Gasteiger partial charge is 0.325 e. The number of amides is 1. The molecule has 0 radical (unpaired) electrons. The Labute approximate surface area is 144 Å². The van der Waals surface area contributed by atoms with Crippen molar-refractivity contribution in [3.63, 3.8) is 0 Å². The number of benzene rings is 1. The van der Waals surface area contributed by atoms with Crippen molar-refractivity contribution < 1.29 is 13.2 Å². The van der Waals surface area contributed by atoms with Crippen molar-refractivity contribution in [3.05, 3.63) is 46.8 Å². The summed E-state index contributed by atoms with van der Waals surface area (Å²) in [5.74, 6) is -0.625. The van der Waals surface area contributed by atoms with Crippen molar-refractivity contribution in [1.29, 1.82) is 0 Å². The van der Waals surface area contributed by atoms with Crippen molar-refractivity contribution in [2.45, 2.75) is 24.1 Å². The van der Waals surface area contributed by atoms with Gasteiger partial charge in [-0.05, 0) is 41.6 Å². The van der Waals surface area contributed by atoms with E-state index in [-0.39, 0.29) is 10.1 Å². The third kappa shape index (κ3) is 4.78. The number of thiophene rings is 1. The van der Waals surface area contributed by atoms with Gasteiger partial charge in [0, 0.05) is 10.7 Å². The average molecular weight is 373 g/mol. The van der Waals surface area contributed by atoms with Gasteiger partial charge in [-0.3, -0.25) is 4.79 Å². The Bertz CT molecular complexity index is 757. The molecule has 1 aromatic heterocycles. The zero-order chi connectivity index (χ0) is 17.0. The maximum atomic E-state index is 12.4. The zero-order valence-electron chi connectivity index (χ0n) is 12.6. The van der Waals surface area contributed by atoms with Gasteiger partial charge in [-0.15, -0.1) is 11.3 Å². The molecule has 23 heavy (non-hydrogen) atoms. The number of carbonyl (C=O) groups is 1. The van der Waals surface area contributed by atoms with Gasteiger partial charge in [0.15, 0.2) is 0 Å². The summed E-state index contributed by atoms with van der Waals surface area (Å²) < 4.78 is 27.3. The molecule has 2 rings (SSSR count). The van der Waals surface area contributed by atoms with E-state index in [1.807, 2.05) is 0 Å². The van der Waals surface area contributed by atoms with Crippen LogP contribution in [0.4, 0.5) is 5.69 Å². The minimum Gasteiger partial charge on any atom is -0.325 e. The van der Waals surface area contributed by atoms with Crippen LogP contribution < -0.4 is 10.0 Å². The van der Waals surface area contributed by atoms with E-state index in [4.69, 9.17) is 11.6 Å². The second-order valence-electron chi connectivity index (χ2n) is 5.27. The number of carbonyl (C=O) groups excluding carboxylic acids is 1. The number of rotatable bonds is 6. The summed E-state index contributed by atoms with van der Waals surface area (Å²) >= 11 is 6.91. The molecule has 1 atom stereocenters. The van der Waals surface area contributed by atoms with Gasteiger partial charge in [0.1, 0.15) is 10.3 Å². The van der Waals surface area contributed by atoms with Gasteiger partial charge < -0.3 is 5.32 Å². The monoisotopic (exact) mass is 372 g/mol. The number of hydrogen-bond acceptors (Lipinski definition) is 4. The molecule has 2 aromatic rings. The fourth-order valence-electron chi connectivity index (χ4n) is 1.89. The lowest BCUT2D eigenvalue weighted by molar-refractivity contribution is -0.118. The van der Waals surface area contributed by atoms with Crippen LogP contribution in [-0.2, 0) is 14.8 Å². The summed E-state index contributed by atoms with van der Waals surface area (Å²) in [5.41, 5.74) is 0.556. The maximum Gasteiger partial charge on any atom is 0.250 e.